The van der Waals surface area contributed by atoms with Gasteiger partial charge in [0.1, 0.15) is 6.54 Å². The molecule has 2 N–H and O–H groups in total. The number of aromatic nitrogens is 2. The molecule has 0 aliphatic rings. The number of hydrogen-bond donors (Lipinski definition) is 2. The van der Waals surface area contributed by atoms with Crippen LogP contribution in [0.15, 0.2) is 12.5 Å². The Morgan fingerprint density at radius 1 is 1.59 bits per heavy atom. The molecule has 0 aliphatic carbocycles. The maximum Gasteiger partial charge on any atom is 0.356 e. The van der Waals surface area contributed by atoms with Crippen LogP contribution >= 0.6 is 0 Å². The van der Waals surface area contributed by atoms with E-state index in [0.717, 1.165) is 12.8 Å². The quantitative estimate of drug-likeness (QED) is 0.772. The summed E-state index contributed by atoms with van der Waals surface area (Å²) in [6.45, 7) is 4.09. The van der Waals surface area contributed by atoms with Crippen LogP contribution < -0.4 is 5.32 Å². The van der Waals surface area contributed by atoms with E-state index in [2.05, 4.69) is 17.2 Å². The number of carbonyl (C=O) groups is 2. The Labute approximate surface area is 99.7 Å². The molecule has 94 valence electrons. The van der Waals surface area contributed by atoms with E-state index < -0.39 is 5.97 Å². The molecule has 0 bridgehead atoms. The Hall–Kier alpha value is -1.85. The van der Waals surface area contributed by atoms with Crippen LogP contribution in [-0.2, 0) is 11.3 Å². The number of rotatable bonds is 6. The monoisotopic (exact) mass is 239 g/mol. The summed E-state index contributed by atoms with van der Waals surface area (Å²) in [5.41, 5.74) is -0.0561. The summed E-state index contributed by atoms with van der Waals surface area (Å²) in [4.78, 5) is 25.8. The molecule has 1 amide bonds. The van der Waals surface area contributed by atoms with Crippen molar-refractivity contribution in [2.45, 2.75) is 39.3 Å². The van der Waals surface area contributed by atoms with Crippen molar-refractivity contribution < 1.29 is 14.7 Å². The lowest BCUT2D eigenvalue weighted by Gasteiger charge is -2.12. The number of aromatic carboxylic acids is 1. The van der Waals surface area contributed by atoms with E-state index >= 15 is 0 Å². The van der Waals surface area contributed by atoms with Gasteiger partial charge in [-0.25, -0.2) is 9.78 Å². The molecule has 1 atom stereocenters. The summed E-state index contributed by atoms with van der Waals surface area (Å²) in [6, 6.07) is 0.134. The van der Waals surface area contributed by atoms with Crippen LogP contribution in [-0.4, -0.2) is 32.6 Å². The van der Waals surface area contributed by atoms with Crippen LogP contribution in [0.1, 0.15) is 37.2 Å². The molecule has 1 rings (SSSR count). The number of carboxylic acids is 1. The third-order valence-electron chi connectivity index (χ3n) is 2.31. The van der Waals surface area contributed by atoms with Gasteiger partial charge >= 0.3 is 5.97 Å². The van der Waals surface area contributed by atoms with Gasteiger partial charge in [-0.1, -0.05) is 13.3 Å². The highest BCUT2D eigenvalue weighted by Gasteiger charge is 2.10. The minimum absolute atomic E-state index is 0.0561. The lowest BCUT2D eigenvalue weighted by atomic mass is 10.2. The Morgan fingerprint density at radius 2 is 2.29 bits per heavy atom. The van der Waals surface area contributed by atoms with Gasteiger partial charge in [-0.05, 0) is 13.3 Å². The first-order chi connectivity index (χ1) is 8.02. The minimum atomic E-state index is -1.09. The van der Waals surface area contributed by atoms with Gasteiger partial charge in [-0.2, -0.15) is 0 Å². The standard InChI is InChI=1S/C11H17N3O3/c1-3-4-8(2)13-10(15)6-14-5-9(11(16)17)12-7-14/h5,7-8H,3-4,6H2,1-2H3,(H,13,15)(H,16,17). The molecule has 1 aromatic heterocycles. The molecule has 0 saturated carbocycles. The molecule has 0 spiro atoms. The summed E-state index contributed by atoms with van der Waals surface area (Å²) in [7, 11) is 0. The van der Waals surface area contributed by atoms with Crippen LogP contribution in [0.25, 0.3) is 0 Å². The molecule has 0 saturated heterocycles. The number of hydrogen-bond acceptors (Lipinski definition) is 3. The highest BCUT2D eigenvalue weighted by molar-refractivity contribution is 5.85. The van der Waals surface area contributed by atoms with Gasteiger partial charge in [0.15, 0.2) is 5.69 Å². The van der Waals surface area contributed by atoms with Gasteiger partial charge in [-0.15, -0.1) is 0 Å². The zero-order valence-corrected chi connectivity index (χ0v) is 10.0. The number of nitrogens with one attached hydrogen (secondary N) is 1. The summed E-state index contributed by atoms with van der Waals surface area (Å²) in [5.74, 6) is -1.23. The van der Waals surface area contributed by atoms with Crippen LogP contribution in [0.5, 0.6) is 0 Å². The lowest BCUT2D eigenvalue weighted by molar-refractivity contribution is -0.122. The molecule has 0 radical (unpaired) electrons. The molecule has 0 fully saturated rings. The molecule has 6 heteroatoms. The van der Waals surface area contributed by atoms with Gasteiger partial charge in [0, 0.05) is 12.2 Å². The van der Waals surface area contributed by atoms with Crippen molar-refractivity contribution in [3.05, 3.63) is 18.2 Å². The van der Waals surface area contributed by atoms with Crippen LogP contribution in [0.3, 0.4) is 0 Å². The van der Waals surface area contributed by atoms with Crippen LogP contribution in [0, 0.1) is 0 Å². The number of amides is 1. The van der Waals surface area contributed by atoms with Crippen molar-refractivity contribution in [3.63, 3.8) is 0 Å². The summed E-state index contributed by atoms with van der Waals surface area (Å²) in [5, 5.41) is 11.5. The fraction of sp³-hybridized carbons (Fsp3) is 0.545. The smallest absolute Gasteiger partial charge is 0.356 e. The maximum atomic E-state index is 11.6. The molecule has 1 unspecified atom stereocenters. The van der Waals surface area contributed by atoms with Crippen molar-refractivity contribution >= 4 is 11.9 Å². The third-order valence-corrected chi connectivity index (χ3v) is 2.31. The van der Waals surface area contributed by atoms with E-state index in [1.807, 2.05) is 6.92 Å². The predicted molar refractivity (Wildman–Crippen MR) is 61.7 cm³/mol. The van der Waals surface area contributed by atoms with Crippen LogP contribution in [0.2, 0.25) is 0 Å². The second-order valence-corrected chi connectivity index (χ2v) is 3.99. The van der Waals surface area contributed by atoms with E-state index in [1.54, 1.807) is 0 Å². The molecular weight excluding hydrogens is 222 g/mol. The van der Waals surface area contributed by atoms with Crippen molar-refractivity contribution in [3.8, 4) is 0 Å². The first-order valence-electron chi connectivity index (χ1n) is 5.57. The molecule has 1 aromatic rings. The first kappa shape index (κ1) is 13.2. The fourth-order valence-corrected chi connectivity index (χ4v) is 1.55. The second-order valence-electron chi connectivity index (χ2n) is 3.99. The number of carbonyl (C=O) groups excluding carboxylic acids is 1. The van der Waals surface area contributed by atoms with E-state index in [-0.39, 0.29) is 24.2 Å². The van der Waals surface area contributed by atoms with E-state index in [0.29, 0.717) is 0 Å². The largest absolute Gasteiger partial charge is 0.476 e. The van der Waals surface area contributed by atoms with Gasteiger partial charge in [0.25, 0.3) is 0 Å². The highest BCUT2D eigenvalue weighted by atomic mass is 16.4. The predicted octanol–water partition coefficient (Wildman–Crippen LogP) is 0.886. The molecule has 0 aliphatic heterocycles. The zero-order valence-electron chi connectivity index (χ0n) is 10.0. The topological polar surface area (TPSA) is 84.2 Å². The molecular formula is C11H17N3O3. The number of carboxylic acid groups (broad SMARTS) is 1. The Balaban J connectivity index is 2.47. The zero-order chi connectivity index (χ0) is 12.8. The average molecular weight is 239 g/mol. The molecule has 6 nitrogen and oxygen atoms in total. The Morgan fingerprint density at radius 3 is 2.82 bits per heavy atom. The van der Waals surface area contributed by atoms with Gasteiger partial charge in [-0.3, -0.25) is 4.79 Å². The lowest BCUT2D eigenvalue weighted by Crippen LogP contribution is -2.34. The number of nitrogens with zero attached hydrogens (tertiary/aromatic N) is 2. The van der Waals surface area contributed by atoms with E-state index in [9.17, 15) is 9.59 Å². The normalized spacial score (nSPS) is 12.1. The third kappa shape index (κ3) is 4.26. The Kier molecular flexibility index (Phi) is 4.68. The summed E-state index contributed by atoms with van der Waals surface area (Å²) < 4.78 is 1.46. The van der Waals surface area contributed by atoms with Gasteiger partial charge < -0.3 is 15.0 Å². The molecule has 0 aromatic carbocycles. The maximum absolute atomic E-state index is 11.6. The van der Waals surface area contributed by atoms with Crippen molar-refractivity contribution in [2.75, 3.05) is 0 Å². The molecule has 17 heavy (non-hydrogen) atoms. The Bertz CT molecular complexity index is 400. The van der Waals surface area contributed by atoms with E-state index in [1.165, 1.54) is 17.1 Å². The molecule has 1 heterocycles. The van der Waals surface area contributed by atoms with Crippen molar-refractivity contribution in [2.24, 2.45) is 0 Å². The highest BCUT2D eigenvalue weighted by Crippen LogP contribution is 1.98. The SMILES string of the molecule is CCCC(C)NC(=O)Cn1cnc(C(=O)O)c1. The van der Waals surface area contributed by atoms with Gasteiger partial charge in [0.2, 0.25) is 5.91 Å². The average Bonchev–Trinajstić information content (AvgIpc) is 2.66. The van der Waals surface area contributed by atoms with Crippen molar-refractivity contribution in [1.29, 1.82) is 0 Å². The van der Waals surface area contributed by atoms with E-state index in [4.69, 9.17) is 5.11 Å². The first-order valence-corrected chi connectivity index (χ1v) is 5.57. The number of imidazole rings is 1. The fourth-order valence-electron chi connectivity index (χ4n) is 1.55. The summed E-state index contributed by atoms with van der Waals surface area (Å²) in [6.07, 6.45) is 4.62. The van der Waals surface area contributed by atoms with Crippen LogP contribution in [0.4, 0.5) is 0 Å². The van der Waals surface area contributed by atoms with Crippen molar-refractivity contribution in [1.82, 2.24) is 14.9 Å². The minimum Gasteiger partial charge on any atom is -0.476 e. The van der Waals surface area contributed by atoms with Gasteiger partial charge in [0.05, 0.1) is 6.33 Å². The second kappa shape index (κ2) is 6.03. The summed E-state index contributed by atoms with van der Waals surface area (Å²) >= 11 is 0.